The topological polar surface area (TPSA) is 88.9 Å². The SMILES string of the molecule is CNc1ncc(S(=O)(=O)NCc2ccn(C)n2)cc1Cl. The number of hydrogen-bond donors (Lipinski definition) is 2. The van der Waals surface area contributed by atoms with E-state index < -0.39 is 10.0 Å². The zero-order valence-corrected chi connectivity index (χ0v) is 12.5. The smallest absolute Gasteiger partial charge is 0.242 e. The summed E-state index contributed by atoms with van der Waals surface area (Å²) < 4.78 is 28.2. The summed E-state index contributed by atoms with van der Waals surface area (Å²) >= 11 is 5.92. The van der Waals surface area contributed by atoms with Gasteiger partial charge in [-0.3, -0.25) is 4.68 Å². The van der Waals surface area contributed by atoms with Gasteiger partial charge in [0.1, 0.15) is 10.7 Å². The molecular formula is C11H14ClN5O2S. The highest BCUT2D eigenvalue weighted by atomic mass is 35.5. The molecule has 0 atom stereocenters. The van der Waals surface area contributed by atoms with Gasteiger partial charge in [-0.15, -0.1) is 0 Å². The fourth-order valence-corrected chi connectivity index (χ4v) is 2.86. The van der Waals surface area contributed by atoms with Crippen LogP contribution in [-0.2, 0) is 23.6 Å². The quantitative estimate of drug-likeness (QED) is 0.859. The van der Waals surface area contributed by atoms with Gasteiger partial charge in [0.25, 0.3) is 0 Å². The minimum Gasteiger partial charge on any atom is -0.372 e. The summed E-state index contributed by atoms with van der Waals surface area (Å²) in [6, 6.07) is 3.08. The van der Waals surface area contributed by atoms with Crippen LogP contribution < -0.4 is 10.0 Å². The van der Waals surface area contributed by atoms with Crippen LogP contribution in [0.4, 0.5) is 5.82 Å². The van der Waals surface area contributed by atoms with Crippen LogP contribution in [-0.4, -0.2) is 30.2 Å². The average Bonchev–Trinajstić information content (AvgIpc) is 2.82. The number of anilines is 1. The van der Waals surface area contributed by atoms with E-state index in [2.05, 4.69) is 20.1 Å². The number of aryl methyl sites for hydroxylation is 1. The van der Waals surface area contributed by atoms with Gasteiger partial charge in [0.2, 0.25) is 10.0 Å². The van der Waals surface area contributed by atoms with Gasteiger partial charge in [0, 0.05) is 26.5 Å². The molecule has 2 aromatic rings. The van der Waals surface area contributed by atoms with Gasteiger partial charge in [0.15, 0.2) is 0 Å². The van der Waals surface area contributed by atoms with Crippen molar-refractivity contribution >= 4 is 27.4 Å². The summed E-state index contributed by atoms with van der Waals surface area (Å²) in [5.74, 6) is 0.426. The minimum absolute atomic E-state index is 0.0115. The molecule has 2 heterocycles. The van der Waals surface area contributed by atoms with Crippen LogP contribution in [0.3, 0.4) is 0 Å². The zero-order valence-electron chi connectivity index (χ0n) is 11.0. The molecule has 20 heavy (non-hydrogen) atoms. The first-order chi connectivity index (χ1) is 9.42. The molecule has 2 N–H and O–H groups in total. The van der Waals surface area contributed by atoms with E-state index in [-0.39, 0.29) is 16.5 Å². The van der Waals surface area contributed by atoms with E-state index >= 15 is 0 Å². The highest BCUT2D eigenvalue weighted by molar-refractivity contribution is 7.89. The number of hydrogen-bond acceptors (Lipinski definition) is 5. The van der Waals surface area contributed by atoms with E-state index in [9.17, 15) is 8.42 Å². The molecule has 0 radical (unpaired) electrons. The second kappa shape index (κ2) is 5.78. The second-order valence-electron chi connectivity index (χ2n) is 4.06. The Morgan fingerprint density at radius 1 is 1.45 bits per heavy atom. The predicted octanol–water partition coefficient (Wildman–Crippen LogP) is 0.989. The molecule has 7 nitrogen and oxygen atoms in total. The Labute approximate surface area is 122 Å². The van der Waals surface area contributed by atoms with Crippen LogP contribution in [0.5, 0.6) is 0 Å². The first kappa shape index (κ1) is 14.8. The van der Waals surface area contributed by atoms with Gasteiger partial charge in [-0.05, 0) is 12.1 Å². The summed E-state index contributed by atoms with van der Waals surface area (Å²) in [5.41, 5.74) is 0.627. The molecule has 0 bridgehead atoms. The van der Waals surface area contributed by atoms with Crippen molar-refractivity contribution < 1.29 is 8.42 Å². The summed E-state index contributed by atoms with van der Waals surface area (Å²) in [7, 11) is -0.254. The Kier molecular flexibility index (Phi) is 4.26. The Morgan fingerprint density at radius 3 is 2.75 bits per heavy atom. The predicted molar refractivity (Wildman–Crippen MR) is 76.0 cm³/mol. The Morgan fingerprint density at radius 2 is 2.20 bits per heavy atom. The van der Waals surface area contributed by atoms with Crippen LogP contribution in [0.25, 0.3) is 0 Å². The second-order valence-corrected chi connectivity index (χ2v) is 6.23. The number of halogens is 1. The third-order valence-corrected chi connectivity index (χ3v) is 4.23. The minimum atomic E-state index is -3.67. The van der Waals surface area contributed by atoms with E-state index in [4.69, 9.17) is 11.6 Å². The molecule has 2 aromatic heterocycles. The summed E-state index contributed by atoms with van der Waals surface area (Å²) in [6.07, 6.45) is 2.99. The lowest BCUT2D eigenvalue weighted by Gasteiger charge is -2.07. The molecule has 0 saturated heterocycles. The molecular weight excluding hydrogens is 302 g/mol. The number of nitrogens with one attached hydrogen (secondary N) is 2. The average molecular weight is 316 g/mol. The lowest BCUT2D eigenvalue weighted by atomic mass is 10.4. The number of pyridine rings is 1. The van der Waals surface area contributed by atoms with Crippen molar-refractivity contribution in [3.63, 3.8) is 0 Å². The molecule has 0 aliphatic carbocycles. The Bertz CT molecular complexity index is 713. The first-order valence-electron chi connectivity index (χ1n) is 5.74. The van der Waals surface area contributed by atoms with Gasteiger partial charge >= 0.3 is 0 Å². The van der Waals surface area contributed by atoms with Gasteiger partial charge in [-0.2, -0.15) is 5.10 Å². The molecule has 0 amide bonds. The van der Waals surface area contributed by atoms with Crippen molar-refractivity contribution in [3.05, 3.63) is 35.2 Å². The third kappa shape index (κ3) is 3.27. The van der Waals surface area contributed by atoms with Gasteiger partial charge in [-0.25, -0.2) is 18.1 Å². The normalized spacial score (nSPS) is 11.6. The summed E-state index contributed by atoms with van der Waals surface area (Å²) in [5, 5.41) is 7.10. The fourth-order valence-electron chi connectivity index (χ4n) is 1.56. The van der Waals surface area contributed by atoms with Gasteiger partial charge in [-0.1, -0.05) is 11.6 Å². The largest absolute Gasteiger partial charge is 0.372 e. The van der Waals surface area contributed by atoms with Crippen molar-refractivity contribution in [1.82, 2.24) is 19.5 Å². The van der Waals surface area contributed by atoms with Crippen LogP contribution in [0.2, 0.25) is 5.02 Å². The molecule has 0 unspecified atom stereocenters. The Balaban J connectivity index is 2.15. The van der Waals surface area contributed by atoms with Crippen molar-refractivity contribution in [1.29, 1.82) is 0 Å². The molecule has 9 heteroatoms. The highest BCUT2D eigenvalue weighted by Gasteiger charge is 2.16. The van der Waals surface area contributed by atoms with Crippen LogP contribution >= 0.6 is 11.6 Å². The molecule has 0 saturated carbocycles. The number of nitrogens with zero attached hydrogens (tertiary/aromatic N) is 3. The van der Waals surface area contributed by atoms with Crippen molar-refractivity contribution in [2.75, 3.05) is 12.4 Å². The number of aromatic nitrogens is 3. The van der Waals surface area contributed by atoms with E-state index in [0.717, 1.165) is 0 Å². The maximum Gasteiger partial charge on any atom is 0.242 e. The molecule has 0 spiro atoms. The number of sulfonamides is 1. The van der Waals surface area contributed by atoms with Gasteiger partial charge in [0.05, 0.1) is 17.3 Å². The van der Waals surface area contributed by atoms with Crippen LogP contribution in [0.15, 0.2) is 29.4 Å². The standard InChI is InChI=1S/C11H14ClN5O2S/c1-13-11-10(12)5-9(7-14-11)20(18,19)15-6-8-3-4-17(2)16-8/h3-5,7,15H,6H2,1-2H3,(H,13,14). The van der Waals surface area contributed by atoms with E-state index in [1.165, 1.54) is 12.3 Å². The van der Waals surface area contributed by atoms with Crippen LogP contribution in [0, 0.1) is 0 Å². The van der Waals surface area contributed by atoms with Gasteiger partial charge < -0.3 is 5.32 Å². The lowest BCUT2D eigenvalue weighted by Crippen LogP contribution is -2.23. The lowest BCUT2D eigenvalue weighted by molar-refractivity contribution is 0.579. The maximum absolute atomic E-state index is 12.1. The molecule has 0 fully saturated rings. The monoisotopic (exact) mass is 315 g/mol. The fraction of sp³-hybridized carbons (Fsp3) is 0.273. The Hall–Kier alpha value is -1.64. The van der Waals surface area contributed by atoms with E-state index in [1.807, 2.05) is 0 Å². The third-order valence-electron chi connectivity index (χ3n) is 2.58. The van der Waals surface area contributed by atoms with Crippen molar-refractivity contribution in [2.24, 2.45) is 7.05 Å². The summed E-state index contributed by atoms with van der Waals surface area (Å²) in [4.78, 5) is 3.95. The first-order valence-corrected chi connectivity index (χ1v) is 7.60. The molecule has 0 aromatic carbocycles. The zero-order chi connectivity index (χ0) is 14.8. The van der Waals surface area contributed by atoms with Crippen molar-refractivity contribution in [2.45, 2.75) is 11.4 Å². The van der Waals surface area contributed by atoms with E-state index in [1.54, 1.807) is 31.0 Å². The molecule has 0 aliphatic heterocycles. The summed E-state index contributed by atoms with van der Waals surface area (Å²) in [6.45, 7) is 0.106. The molecule has 108 valence electrons. The maximum atomic E-state index is 12.1. The van der Waals surface area contributed by atoms with Crippen LogP contribution in [0.1, 0.15) is 5.69 Å². The van der Waals surface area contributed by atoms with E-state index in [0.29, 0.717) is 11.5 Å². The highest BCUT2D eigenvalue weighted by Crippen LogP contribution is 2.21. The molecule has 0 aliphatic rings. The molecule has 2 rings (SSSR count). The van der Waals surface area contributed by atoms with Crippen molar-refractivity contribution in [3.8, 4) is 0 Å². The number of rotatable bonds is 5.